The third-order valence-corrected chi connectivity index (χ3v) is 5.33. The Morgan fingerprint density at radius 3 is 2.78 bits per heavy atom. The number of nitrogens with zero attached hydrogens (tertiary/aromatic N) is 2. The second-order valence-electron chi connectivity index (χ2n) is 5.68. The molecule has 4 nitrogen and oxygen atoms in total. The van der Waals surface area contributed by atoms with Crippen molar-refractivity contribution in [3.05, 3.63) is 52.7 Å². The number of fused-ring (bicyclic) bond motifs is 3. The fraction of sp³-hybridized carbons (Fsp3) is 0.222. The predicted octanol–water partition coefficient (Wildman–Crippen LogP) is 4.04. The van der Waals surface area contributed by atoms with Crippen molar-refractivity contribution >= 4 is 28.3 Å². The van der Waals surface area contributed by atoms with Crippen molar-refractivity contribution in [1.29, 1.82) is 0 Å². The van der Waals surface area contributed by atoms with Crippen LogP contribution in [0.5, 0.6) is 0 Å². The number of carboxylic acids is 1. The number of carboxylic acid groups (broad SMARTS) is 1. The van der Waals surface area contributed by atoms with Gasteiger partial charge in [-0.25, -0.2) is 9.78 Å². The quantitative estimate of drug-likeness (QED) is 0.740. The third kappa shape index (κ3) is 2.47. The number of aromatic nitrogens is 2. The van der Waals surface area contributed by atoms with Crippen molar-refractivity contribution in [2.24, 2.45) is 0 Å². The molecule has 0 saturated carbocycles. The van der Waals surface area contributed by atoms with Gasteiger partial charge in [-0.3, -0.25) is 4.40 Å². The standard InChI is InChI=1S/C18H16N2O2S/c21-16(22)11-10-14-17(12-6-2-1-3-7-12)19-18-20(14)13-8-4-5-9-15(13)23-18/h1-3,6-7,10-11H,4-5,8-9H2,(H,21,22)/b11-10+. The lowest BCUT2D eigenvalue weighted by atomic mass is 10.0. The molecule has 1 aromatic carbocycles. The summed E-state index contributed by atoms with van der Waals surface area (Å²) in [5.41, 5.74) is 4.03. The average molecular weight is 324 g/mol. The number of aryl methyl sites for hydroxylation is 2. The van der Waals surface area contributed by atoms with Crippen LogP contribution < -0.4 is 0 Å². The molecule has 116 valence electrons. The molecule has 3 aromatic rings. The van der Waals surface area contributed by atoms with E-state index in [-0.39, 0.29) is 0 Å². The minimum absolute atomic E-state index is 0.850. The molecule has 2 heterocycles. The Morgan fingerprint density at radius 1 is 1.22 bits per heavy atom. The van der Waals surface area contributed by atoms with Crippen molar-refractivity contribution in [2.45, 2.75) is 25.7 Å². The Bertz CT molecular complexity index is 906. The van der Waals surface area contributed by atoms with Gasteiger partial charge in [-0.05, 0) is 31.8 Å². The summed E-state index contributed by atoms with van der Waals surface area (Å²) in [5, 5.41) is 9.02. The molecule has 5 heteroatoms. The maximum absolute atomic E-state index is 11.0. The van der Waals surface area contributed by atoms with Crippen molar-refractivity contribution in [3.8, 4) is 11.3 Å². The molecule has 0 unspecified atom stereocenters. The second-order valence-corrected chi connectivity index (χ2v) is 6.74. The number of aliphatic carboxylic acids is 1. The van der Waals surface area contributed by atoms with Gasteiger partial charge in [0.15, 0.2) is 4.96 Å². The van der Waals surface area contributed by atoms with Crippen molar-refractivity contribution < 1.29 is 9.90 Å². The summed E-state index contributed by atoms with van der Waals surface area (Å²) >= 11 is 1.73. The summed E-state index contributed by atoms with van der Waals surface area (Å²) in [6, 6.07) is 9.94. The van der Waals surface area contributed by atoms with Gasteiger partial charge >= 0.3 is 5.97 Å². The van der Waals surface area contributed by atoms with E-state index in [4.69, 9.17) is 10.1 Å². The third-order valence-electron chi connectivity index (χ3n) is 4.19. The molecule has 23 heavy (non-hydrogen) atoms. The first kappa shape index (κ1) is 14.2. The highest BCUT2D eigenvalue weighted by molar-refractivity contribution is 7.17. The summed E-state index contributed by atoms with van der Waals surface area (Å²) in [5.74, 6) is -0.942. The van der Waals surface area contributed by atoms with Crippen LogP contribution in [-0.2, 0) is 17.6 Å². The molecular weight excluding hydrogens is 308 g/mol. The molecule has 1 N–H and O–H groups in total. The van der Waals surface area contributed by atoms with Crippen LogP contribution in [0.1, 0.15) is 29.1 Å². The highest BCUT2D eigenvalue weighted by atomic mass is 32.1. The van der Waals surface area contributed by atoms with Crippen molar-refractivity contribution in [3.63, 3.8) is 0 Å². The van der Waals surface area contributed by atoms with Gasteiger partial charge < -0.3 is 5.11 Å². The summed E-state index contributed by atoms with van der Waals surface area (Å²) in [6.45, 7) is 0. The van der Waals surface area contributed by atoms with Gasteiger partial charge in [0.25, 0.3) is 0 Å². The average Bonchev–Trinajstić information content (AvgIpc) is 3.09. The molecule has 0 bridgehead atoms. The zero-order valence-electron chi connectivity index (χ0n) is 12.5. The largest absolute Gasteiger partial charge is 0.478 e. The number of benzene rings is 1. The fourth-order valence-electron chi connectivity index (χ4n) is 3.17. The maximum atomic E-state index is 11.0. The first-order valence-corrected chi connectivity index (χ1v) is 8.55. The highest BCUT2D eigenvalue weighted by Crippen LogP contribution is 2.35. The van der Waals surface area contributed by atoms with Gasteiger partial charge in [-0.15, -0.1) is 11.3 Å². The Kier molecular flexibility index (Phi) is 3.50. The summed E-state index contributed by atoms with van der Waals surface area (Å²) in [4.78, 5) is 18.1. The van der Waals surface area contributed by atoms with Gasteiger partial charge in [-0.2, -0.15) is 0 Å². The van der Waals surface area contributed by atoms with E-state index in [2.05, 4.69) is 4.40 Å². The van der Waals surface area contributed by atoms with E-state index in [9.17, 15) is 4.79 Å². The molecule has 4 rings (SSSR count). The lowest BCUT2D eigenvalue weighted by Gasteiger charge is -2.11. The van der Waals surface area contributed by atoms with Crippen LogP contribution >= 0.6 is 11.3 Å². The van der Waals surface area contributed by atoms with Crippen LogP contribution in [0.15, 0.2) is 36.4 Å². The normalized spacial score (nSPS) is 14.4. The number of carbonyl (C=O) groups is 1. The SMILES string of the molecule is O=C(O)/C=C/c1c(-c2ccccc2)nc2sc3c(n12)CCCC3. The maximum Gasteiger partial charge on any atom is 0.328 e. The molecule has 0 spiro atoms. The number of thiazole rings is 1. The van der Waals surface area contributed by atoms with E-state index in [0.717, 1.165) is 34.8 Å². The number of rotatable bonds is 3. The number of hydrogen-bond donors (Lipinski definition) is 1. The van der Waals surface area contributed by atoms with E-state index in [0.29, 0.717) is 0 Å². The van der Waals surface area contributed by atoms with Crippen LogP contribution in [-0.4, -0.2) is 20.5 Å². The van der Waals surface area contributed by atoms with Gasteiger partial charge in [-0.1, -0.05) is 30.3 Å². The molecule has 0 radical (unpaired) electrons. The lowest BCUT2D eigenvalue weighted by molar-refractivity contribution is -0.131. The molecule has 1 aliphatic rings. The number of imidazole rings is 1. The topological polar surface area (TPSA) is 54.6 Å². The molecule has 1 aliphatic carbocycles. The van der Waals surface area contributed by atoms with Gasteiger partial charge in [0, 0.05) is 22.2 Å². The van der Waals surface area contributed by atoms with Crippen molar-refractivity contribution in [1.82, 2.24) is 9.38 Å². The zero-order valence-corrected chi connectivity index (χ0v) is 13.3. The molecule has 0 amide bonds. The molecule has 0 saturated heterocycles. The minimum Gasteiger partial charge on any atom is -0.478 e. The smallest absolute Gasteiger partial charge is 0.328 e. The lowest BCUT2D eigenvalue weighted by Crippen LogP contribution is -2.04. The van der Waals surface area contributed by atoms with E-state index in [1.54, 1.807) is 17.4 Å². The molecule has 2 aromatic heterocycles. The predicted molar refractivity (Wildman–Crippen MR) is 91.8 cm³/mol. The van der Waals surface area contributed by atoms with Gasteiger partial charge in [0.05, 0.1) is 11.4 Å². The Labute approximate surface area is 137 Å². The van der Waals surface area contributed by atoms with Gasteiger partial charge in [0.1, 0.15) is 0 Å². The summed E-state index contributed by atoms with van der Waals surface area (Å²) in [7, 11) is 0. The zero-order chi connectivity index (χ0) is 15.8. The van der Waals surface area contributed by atoms with Crippen LogP contribution in [0.4, 0.5) is 0 Å². The van der Waals surface area contributed by atoms with Crippen LogP contribution in [0.25, 0.3) is 22.3 Å². The van der Waals surface area contributed by atoms with E-state index < -0.39 is 5.97 Å². The first-order valence-electron chi connectivity index (χ1n) is 7.73. The second kappa shape index (κ2) is 5.66. The fourth-order valence-corrected chi connectivity index (χ4v) is 4.39. The van der Waals surface area contributed by atoms with E-state index >= 15 is 0 Å². The monoisotopic (exact) mass is 324 g/mol. The Morgan fingerprint density at radius 2 is 2.00 bits per heavy atom. The van der Waals surface area contributed by atoms with E-state index in [1.807, 2.05) is 30.3 Å². The van der Waals surface area contributed by atoms with Gasteiger partial charge in [0.2, 0.25) is 0 Å². The molecule has 0 fully saturated rings. The van der Waals surface area contributed by atoms with Crippen LogP contribution in [0, 0.1) is 0 Å². The summed E-state index contributed by atoms with van der Waals surface area (Å²) in [6.07, 6.45) is 7.41. The summed E-state index contributed by atoms with van der Waals surface area (Å²) < 4.78 is 2.15. The Balaban J connectivity index is 1.97. The molecule has 0 atom stereocenters. The Hall–Kier alpha value is -2.40. The number of hydrogen-bond acceptors (Lipinski definition) is 3. The molecular formula is C18H16N2O2S. The van der Waals surface area contributed by atoms with Crippen LogP contribution in [0.2, 0.25) is 0 Å². The minimum atomic E-state index is -0.942. The van der Waals surface area contributed by atoms with Crippen molar-refractivity contribution in [2.75, 3.05) is 0 Å². The molecule has 0 aliphatic heterocycles. The van der Waals surface area contributed by atoms with Crippen LogP contribution in [0.3, 0.4) is 0 Å². The van der Waals surface area contributed by atoms with E-state index in [1.165, 1.54) is 29.5 Å². The first-order chi connectivity index (χ1) is 11.2. The highest BCUT2D eigenvalue weighted by Gasteiger charge is 2.22.